The zero-order valence-electron chi connectivity index (χ0n) is 8.72. The van der Waals surface area contributed by atoms with Crippen molar-refractivity contribution >= 4 is 43.2 Å². The SMILES string of the molecule is C=CCC(NCCC)c1cc(Br)sc1Br. The minimum atomic E-state index is 0.374. The Morgan fingerprint density at radius 2 is 2.33 bits per heavy atom. The van der Waals surface area contributed by atoms with Crippen molar-refractivity contribution in [1.29, 1.82) is 0 Å². The molecule has 1 N–H and O–H groups in total. The van der Waals surface area contributed by atoms with Gasteiger partial charge >= 0.3 is 0 Å². The summed E-state index contributed by atoms with van der Waals surface area (Å²) in [6.45, 7) is 7.02. The fourth-order valence-corrected chi connectivity index (χ4v) is 4.37. The third-order valence-electron chi connectivity index (χ3n) is 2.10. The molecule has 1 unspecified atom stereocenters. The van der Waals surface area contributed by atoms with Gasteiger partial charge in [0.15, 0.2) is 0 Å². The van der Waals surface area contributed by atoms with Crippen molar-refractivity contribution in [1.82, 2.24) is 5.32 Å². The number of halogens is 2. The molecule has 0 aliphatic rings. The normalized spacial score (nSPS) is 12.7. The summed E-state index contributed by atoms with van der Waals surface area (Å²) in [7, 11) is 0. The van der Waals surface area contributed by atoms with Crippen molar-refractivity contribution in [3.8, 4) is 0 Å². The average Bonchev–Trinajstić information content (AvgIpc) is 2.52. The summed E-state index contributed by atoms with van der Waals surface area (Å²) in [6.07, 6.45) is 4.07. The summed E-state index contributed by atoms with van der Waals surface area (Å²) in [4.78, 5) is 0. The van der Waals surface area contributed by atoms with Gasteiger partial charge in [-0.25, -0.2) is 0 Å². The molecule has 4 heteroatoms. The number of rotatable bonds is 6. The van der Waals surface area contributed by atoms with Crippen LogP contribution in [0.1, 0.15) is 31.4 Å². The molecule has 1 atom stereocenters. The maximum Gasteiger partial charge on any atom is 0.0758 e. The van der Waals surface area contributed by atoms with E-state index in [9.17, 15) is 0 Å². The van der Waals surface area contributed by atoms with Crippen molar-refractivity contribution < 1.29 is 0 Å². The molecule has 0 spiro atoms. The van der Waals surface area contributed by atoms with Crippen LogP contribution in [-0.2, 0) is 0 Å². The van der Waals surface area contributed by atoms with Crippen LogP contribution in [0, 0.1) is 0 Å². The van der Waals surface area contributed by atoms with Gasteiger partial charge in [0, 0.05) is 6.04 Å². The molecule has 1 heterocycles. The van der Waals surface area contributed by atoms with Crippen molar-refractivity contribution in [3.05, 3.63) is 31.9 Å². The van der Waals surface area contributed by atoms with Gasteiger partial charge in [-0.2, -0.15) is 0 Å². The van der Waals surface area contributed by atoms with Crippen LogP contribution in [0.15, 0.2) is 26.3 Å². The molecule has 0 aliphatic heterocycles. The number of thiophene rings is 1. The first kappa shape index (κ1) is 13.4. The standard InChI is InChI=1S/C11H15Br2NS/c1-3-5-9(14-6-4-2)8-7-10(12)15-11(8)13/h3,7,9,14H,1,4-6H2,2H3. The highest BCUT2D eigenvalue weighted by Crippen LogP contribution is 2.36. The van der Waals surface area contributed by atoms with Crippen LogP contribution in [0.5, 0.6) is 0 Å². The first-order valence-electron chi connectivity index (χ1n) is 4.98. The fourth-order valence-electron chi connectivity index (χ4n) is 1.40. The highest BCUT2D eigenvalue weighted by atomic mass is 79.9. The molecule has 0 saturated carbocycles. The van der Waals surface area contributed by atoms with E-state index < -0.39 is 0 Å². The summed E-state index contributed by atoms with van der Waals surface area (Å²) >= 11 is 8.82. The van der Waals surface area contributed by atoms with Gasteiger partial charge in [-0.3, -0.25) is 0 Å². The van der Waals surface area contributed by atoms with Gasteiger partial charge in [0.1, 0.15) is 0 Å². The van der Waals surface area contributed by atoms with Crippen molar-refractivity contribution in [3.63, 3.8) is 0 Å². The smallest absolute Gasteiger partial charge is 0.0758 e. The Morgan fingerprint density at radius 3 is 2.80 bits per heavy atom. The van der Waals surface area contributed by atoms with Crippen LogP contribution in [0.2, 0.25) is 0 Å². The second kappa shape index (κ2) is 6.84. The molecule has 0 bridgehead atoms. The van der Waals surface area contributed by atoms with E-state index in [0.29, 0.717) is 6.04 Å². The number of hydrogen-bond donors (Lipinski definition) is 1. The van der Waals surface area contributed by atoms with E-state index in [1.807, 2.05) is 6.08 Å². The second-order valence-electron chi connectivity index (χ2n) is 3.31. The van der Waals surface area contributed by atoms with Crippen molar-refractivity contribution in [2.24, 2.45) is 0 Å². The summed E-state index contributed by atoms with van der Waals surface area (Å²) in [5.74, 6) is 0. The minimum absolute atomic E-state index is 0.374. The van der Waals surface area contributed by atoms with Gasteiger partial charge in [-0.05, 0) is 62.9 Å². The molecule has 0 fully saturated rings. The van der Waals surface area contributed by atoms with E-state index in [1.54, 1.807) is 11.3 Å². The van der Waals surface area contributed by atoms with Gasteiger partial charge in [0.2, 0.25) is 0 Å². The van der Waals surface area contributed by atoms with E-state index >= 15 is 0 Å². The van der Waals surface area contributed by atoms with Crippen LogP contribution >= 0.6 is 43.2 Å². The molecule has 0 radical (unpaired) electrons. The first-order chi connectivity index (χ1) is 7.19. The van der Waals surface area contributed by atoms with E-state index in [0.717, 1.165) is 23.2 Å². The van der Waals surface area contributed by atoms with Crippen LogP contribution in [0.25, 0.3) is 0 Å². The summed E-state index contributed by atoms with van der Waals surface area (Å²) < 4.78 is 2.36. The Balaban J connectivity index is 2.77. The largest absolute Gasteiger partial charge is 0.310 e. The Morgan fingerprint density at radius 1 is 1.60 bits per heavy atom. The highest BCUT2D eigenvalue weighted by Gasteiger charge is 2.14. The molecule has 15 heavy (non-hydrogen) atoms. The Kier molecular flexibility index (Phi) is 6.12. The lowest BCUT2D eigenvalue weighted by Gasteiger charge is -2.16. The quantitative estimate of drug-likeness (QED) is 0.718. The number of nitrogens with one attached hydrogen (secondary N) is 1. The Hall–Kier alpha value is 0.360. The van der Waals surface area contributed by atoms with Crippen LogP contribution < -0.4 is 5.32 Å². The van der Waals surface area contributed by atoms with E-state index in [-0.39, 0.29) is 0 Å². The Labute approximate surface area is 112 Å². The number of hydrogen-bond acceptors (Lipinski definition) is 2. The molecular weight excluding hydrogens is 338 g/mol. The lowest BCUT2D eigenvalue weighted by molar-refractivity contribution is 0.537. The summed E-state index contributed by atoms with van der Waals surface area (Å²) in [5.41, 5.74) is 1.32. The maximum atomic E-state index is 3.81. The molecular formula is C11H15Br2NS. The predicted molar refractivity (Wildman–Crippen MR) is 75.6 cm³/mol. The first-order valence-corrected chi connectivity index (χ1v) is 7.38. The molecule has 1 nitrogen and oxygen atoms in total. The highest BCUT2D eigenvalue weighted by molar-refractivity contribution is 9.12. The molecule has 1 aromatic rings. The molecule has 1 rings (SSSR count). The predicted octanol–water partition coefficient (Wildman–Crippen LogP) is 4.89. The van der Waals surface area contributed by atoms with Crippen LogP contribution in [0.4, 0.5) is 0 Å². The van der Waals surface area contributed by atoms with Gasteiger partial charge in [-0.1, -0.05) is 13.0 Å². The zero-order chi connectivity index (χ0) is 11.3. The third-order valence-corrected chi connectivity index (χ3v) is 4.49. The lowest BCUT2D eigenvalue weighted by atomic mass is 10.1. The molecule has 1 aromatic heterocycles. The maximum absolute atomic E-state index is 3.81. The molecule has 0 aliphatic carbocycles. The topological polar surface area (TPSA) is 12.0 Å². The Bertz CT molecular complexity index is 322. The molecule has 84 valence electrons. The van der Waals surface area contributed by atoms with Gasteiger partial charge in [0.05, 0.1) is 7.57 Å². The minimum Gasteiger partial charge on any atom is -0.310 e. The van der Waals surface area contributed by atoms with E-state index in [2.05, 4.69) is 56.7 Å². The molecule has 0 amide bonds. The van der Waals surface area contributed by atoms with Crippen molar-refractivity contribution in [2.45, 2.75) is 25.8 Å². The third kappa shape index (κ3) is 4.02. The van der Waals surface area contributed by atoms with Gasteiger partial charge < -0.3 is 5.32 Å². The monoisotopic (exact) mass is 351 g/mol. The van der Waals surface area contributed by atoms with Gasteiger partial charge in [-0.15, -0.1) is 17.9 Å². The van der Waals surface area contributed by atoms with E-state index in [1.165, 1.54) is 9.35 Å². The molecule has 0 saturated heterocycles. The summed E-state index contributed by atoms with van der Waals surface area (Å²) in [5, 5.41) is 3.53. The van der Waals surface area contributed by atoms with Crippen LogP contribution in [-0.4, -0.2) is 6.54 Å². The van der Waals surface area contributed by atoms with Crippen molar-refractivity contribution in [2.75, 3.05) is 6.54 Å². The zero-order valence-corrected chi connectivity index (χ0v) is 12.7. The average molecular weight is 353 g/mol. The fraction of sp³-hybridized carbons (Fsp3) is 0.455. The van der Waals surface area contributed by atoms with Gasteiger partial charge in [0.25, 0.3) is 0 Å². The summed E-state index contributed by atoms with van der Waals surface area (Å²) in [6, 6.07) is 2.55. The lowest BCUT2D eigenvalue weighted by Crippen LogP contribution is -2.21. The van der Waals surface area contributed by atoms with Crippen LogP contribution in [0.3, 0.4) is 0 Å². The molecule has 0 aromatic carbocycles. The van der Waals surface area contributed by atoms with E-state index in [4.69, 9.17) is 0 Å². The second-order valence-corrected chi connectivity index (χ2v) is 7.06.